The number of rotatable bonds is 3. The Morgan fingerprint density at radius 2 is 1.86 bits per heavy atom. The molecule has 0 aromatic carbocycles. The van der Waals surface area contributed by atoms with Crippen LogP contribution in [-0.4, -0.2) is 33.0 Å². The number of hydrogen-bond acceptors (Lipinski definition) is 4. The summed E-state index contributed by atoms with van der Waals surface area (Å²) >= 11 is 0. The van der Waals surface area contributed by atoms with Crippen LogP contribution >= 0.6 is 0 Å². The van der Waals surface area contributed by atoms with Gasteiger partial charge < -0.3 is 10.4 Å². The molecule has 1 aromatic heterocycles. The Kier molecular flexibility index (Phi) is 5.25. The third-order valence-electron chi connectivity index (χ3n) is 3.91. The Labute approximate surface area is 124 Å². The van der Waals surface area contributed by atoms with E-state index in [1.807, 2.05) is 0 Å². The molecular formula is C15H21N3O3. The van der Waals surface area contributed by atoms with E-state index in [0.717, 1.165) is 31.4 Å². The molecule has 1 saturated carbocycles. The number of aromatic nitrogens is 2. The van der Waals surface area contributed by atoms with Gasteiger partial charge in [-0.15, -0.1) is 0 Å². The Morgan fingerprint density at radius 3 is 2.48 bits per heavy atom. The molecule has 114 valence electrons. The van der Waals surface area contributed by atoms with Crippen LogP contribution in [0.5, 0.6) is 0 Å². The normalized spacial score (nSPS) is 22.9. The highest BCUT2D eigenvalue weighted by Gasteiger charge is 2.30. The first-order chi connectivity index (χ1) is 10.1. The van der Waals surface area contributed by atoms with Crippen LogP contribution in [0.25, 0.3) is 0 Å². The molecule has 0 bridgehead atoms. The maximum atomic E-state index is 12.2. The molecule has 6 heteroatoms. The van der Waals surface area contributed by atoms with Crippen molar-refractivity contribution in [1.82, 2.24) is 15.3 Å². The third kappa shape index (κ3) is 4.24. The van der Waals surface area contributed by atoms with Crippen molar-refractivity contribution in [2.75, 3.05) is 0 Å². The monoisotopic (exact) mass is 291 g/mol. The molecule has 0 radical (unpaired) electrons. The first-order valence-corrected chi connectivity index (χ1v) is 7.40. The van der Waals surface area contributed by atoms with E-state index in [2.05, 4.69) is 15.3 Å². The topological polar surface area (TPSA) is 92.2 Å². The van der Waals surface area contributed by atoms with Gasteiger partial charge in [0.2, 0.25) is 0 Å². The summed E-state index contributed by atoms with van der Waals surface area (Å²) in [6.45, 7) is 1.80. The summed E-state index contributed by atoms with van der Waals surface area (Å²) in [6.07, 6.45) is 8.24. The van der Waals surface area contributed by atoms with Crippen LogP contribution in [0.1, 0.15) is 54.7 Å². The lowest BCUT2D eigenvalue weighted by atomic mass is 9.86. The average Bonchev–Trinajstić information content (AvgIpc) is 2.42. The van der Waals surface area contributed by atoms with E-state index < -0.39 is 11.9 Å². The van der Waals surface area contributed by atoms with Gasteiger partial charge in [0.15, 0.2) is 0 Å². The number of carboxylic acids is 1. The molecule has 1 fully saturated rings. The molecule has 1 aliphatic rings. The summed E-state index contributed by atoms with van der Waals surface area (Å²) in [7, 11) is 0. The molecule has 2 atom stereocenters. The van der Waals surface area contributed by atoms with Gasteiger partial charge >= 0.3 is 5.97 Å². The first kappa shape index (κ1) is 15.4. The van der Waals surface area contributed by atoms with E-state index in [4.69, 9.17) is 0 Å². The molecule has 0 spiro atoms. The molecule has 0 aliphatic heterocycles. The lowest BCUT2D eigenvalue weighted by Gasteiger charge is -2.27. The van der Waals surface area contributed by atoms with Crippen LogP contribution < -0.4 is 5.32 Å². The molecule has 2 unspecified atom stereocenters. The van der Waals surface area contributed by atoms with E-state index in [9.17, 15) is 14.7 Å². The van der Waals surface area contributed by atoms with Gasteiger partial charge in [-0.25, -0.2) is 4.98 Å². The molecule has 0 saturated heterocycles. The van der Waals surface area contributed by atoms with E-state index in [1.165, 1.54) is 12.4 Å². The number of aliphatic carboxylic acids is 1. The fraction of sp³-hybridized carbons (Fsp3) is 0.600. The Balaban J connectivity index is 2.07. The van der Waals surface area contributed by atoms with E-state index in [0.29, 0.717) is 12.8 Å². The number of carboxylic acid groups (broad SMARTS) is 1. The van der Waals surface area contributed by atoms with Gasteiger partial charge in [0.1, 0.15) is 5.69 Å². The Morgan fingerprint density at radius 1 is 1.14 bits per heavy atom. The number of nitrogens with one attached hydrogen (secondary N) is 1. The summed E-state index contributed by atoms with van der Waals surface area (Å²) in [6, 6.07) is -0.335. The minimum atomic E-state index is -0.836. The lowest BCUT2D eigenvalue weighted by molar-refractivity contribution is -0.143. The molecule has 2 N–H and O–H groups in total. The van der Waals surface area contributed by atoms with Crippen LogP contribution in [0, 0.1) is 12.8 Å². The Hall–Kier alpha value is -1.98. The van der Waals surface area contributed by atoms with Crippen LogP contribution in [0.15, 0.2) is 12.4 Å². The summed E-state index contributed by atoms with van der Waals surface area (Å²) in [5, 5.41) is 12.2. The zero-order valence-electron chi connectivity index (χ0n) is 12.2. The minimum absolute atomic E-state index is 0.229. The quantitative estimate of drug-likeness (QED) is 0.887. The molecule has 1 aromatic rings. The van der Waals surface area contributed by atoms with Gasteiger partial charge in [0, 0.05) is 12.2 Å². The number of carbonyl (C=O) groups is 2. The van der Waals surface area contributed by atoms with Crippen molar-refractivity contribution in [3.05, 3.63) is 23.8 Å². The lowest BCUT2D eigenvalue weighted by Crippen LogP contribution is -2.44. The van der Waals surface area contributed by atoms with Gasteiger partial charge in [0.25, 0.3) is 5.91 Å². The SMILES string of the molecule is Cc1cnc(C(=O)NC2CCCCCCC2C(=O)O)cn1. The zero-order chi connectivity index (χ0) is 15.2. The number of hydrogen-bond donors (Lipinski definition) is 2. The van der Waals surface area contributed by atoms with Crippen molar-refractivity contribution in [2.45, 2.75) is 51.5 Å². The minimum Gasteiger partial charge on any atom is -0.481 e. The summed E-state index contributed by atoms with van der Waals surface area (Å²) in [5.74, 6) is -1.70. The second-order valence-corrected chi connectivity index (χ2v) is 5.56. The molecule has 6 nitrogen and oxygen atoms in total. The van der Waals surface area contributed by atoms with Crippen LogP contribution in [0.4, 0.5) is 0 Å². The summed E-state index contributed by atoms with van der Waals surface area (Å²) in [4.78, 5) is 31.7. The molecule has 1 heterocycles. The van der Waals surface area contributed by atoms with Crippen molar-refractivity contribution in [1.29, 1.82) is 0 Å². The summed E-state index contributed by atoms with van der Waals surface area (Å²) < 4.78 is 0. The van der Waals surface area contributed by atoms with Gasteiger partial charge in [-0.2, -0.15) is 0 Å². The molecular weight excluding hydrogens is 270 g/mol. The second kappa shape index (κ2) is 7.15. The average molecular weight is 291 g/mol. The van der Waals surface area contributed by atoms with Gasteiger partial charge in [-0.1, -0.05) is 25.7 Å². The van der Waals surface area contributed by atoms with Crippen LogP contribution in [-0.2, 0) is 4.79 Å². The van der Waals surface area contributed by atoms with Crippen molar-refractivity contribution in [2.24, 2.45) is 5.92 Å². The van der Waals surface area contributed by atoms with Gasteiger partial charge in [-0.3, -0.25) is 14.6 Å². The number of carbonyl (C=O) groups excluding carboxylic acids is 1. The smallest absolute Gasteiger partial charge is 0.308 e. The van der Waals surface area contributed by atoms with Crippen molar-refractivity contribution < 1.29 is 14.7 Å². The fourth-order valence-electron chi connectivity index (χ4n) is 2.70. The second-order valence-electron chi connectivity index (χ2n) is 5.56. The highest BCUT2D eigenvalue weighted by atomic mass is 16.4. The van der Waals surface area contributed by atoms with Crippen molar-refractivity contribution >= 4 is 11.9 Å². The standard InChI is InChI=1S/C15H21N3O3/c1-10-8-17-13(9-16-10)14(19)18-12-7-5-3-2-4-6-11(12)15(20)21/h8-9,11-12H,2-7H2,1H3,(H,18,19)(H,20,21). The largest absolute Gasteiger partial charge is 0.481 e. The van der Waals surface area contributed by atoms with E-state index in [1.54, 1.807) is 6.92 Å². The maximum absolute atomic E-state index is 12.2. The number of amides is 1. The third-order valence-corrected chi connectivity index (χ3v) is 3.91. The molecule has 1 aliphatic carbocycles. The highest BCUT2D eigenvalue weighted by molar-refractivity contribution is 5.92. The number of aryl methyl sites for hydroxylation is 1. The van der Waals surface area contributed by atoms with E-state index >= 15 is 0 Å². The first-order valence-electron chi connectivity index (χ1n) is 7.40. The Bertz CT molecular complexity index is 501. The zero-order valence-corrected chi connectivity index (χ0v) is 12.2. The van der Waals surface area contributed by atoms with Crippen molar-refractivity contribution in [3.8, 4) is 0 Å². The molecule has 2 rings (SSSR count). The predicted molar refractivity (Wildman–Crippen MR) is 76.9 cm³/mol. The van der Waals surface area contributed by atoms with Crippen molar-refractivity contribution in [3.63, 3.8) is 0 Å². The van der Waals surface area contributed by atoms with Crippen LogP contribution in [0.3, 0.4) is 0 Å². The predicted octanol–water partition coefficient (Wildman–Crippen LogP) is 1.94. The number of nitrogens with zero attached hydrogens (tertiary/aromatic N) is 2. The maximum Gasteiger partial charge on any atom is 0.308 e. The molecule has 21 heavy (non-hydrogen) atoms. The summed E-state index contributed by atoms with van der Waals surface area (Å²) in [5.41, 5.74) is 0.965. The van der Waals surface area contributed by atoms with Gasteiger partial charge in [0.05, 0.1) is 17.8 Å². The van der Waals surface area contributed by atoms with Crippen LogP contribution in [0.2, 0.25) is 0 Å². The van der Waals surface area contributed by atoms with Gasteiger partial charge in [-0.05, 0) is 19.8 Å². The van der Waals surface area contributed by atoms with E-state index in [-0.39, 0.29) is 17.6 Å². The fourth-order valence-corrected chi connectivity index (χ4v) is 2.70. The highest BCUT2D eigenvalue weighted by Crippen LogP contribution is 2.23. The molecule has 1 amide bonds.